The van der Waals surface area contributed by atoms with Gasteiger partial charge in [0.25, 0.3) is 0 Å². The molecule has 13 aromatic carbocycles. The van der Waals surface area contributed by atoms with Crippen LogP contribution in [0.1, 0.15) is 0 Å². The van der Waals surface area contributed by atoms with E-state index in [0.29, 0.717) is 0 Å². The summed E-state index contributed by atoms with van der Waals surface area (Å²) in [6, 6.07) is 98.3. The van der Waals surface area contributed by atoms with Gasteiger partial charge in [0.15, 0.2) is 0 Å². The summed E-state index contributed by atoms with van der Waals surface area (Å²) in [4.78, 5) is 0. The van der Waals surface area contributed by atoms with Gasteiger partial charge < -0.3 is 0 Å². The minimum atomic E-state index is 1.18. The first-order valence-corrected chi connectivity index (χ1v) is 23.6. The fraction of sp³-hybridized carbons (Fsp3) is 0. The van der Waals surface area contributed by atoms with Crippen LogP contribution in [-0.4, -0.2) is 0 Å². The SMILES string of the molecule is c1ccc(-c2ccc(-c3c4ccccc4c(-c4ccc(-c5ccccc5)cc4)c4cc(-c5ccc(-c6c7ccccc7c(-c7cccc8ccccc78)c7ccccc67)cc5)ccc34)cc2)cc1. The molecule has 0 N–H and O–H groups in total. The van der Waals surface area contributed by atoms with E-state index in [-0.39, 0.29) is 0 Å². The van der Waals surface area contributed by atoms with Crippen LogP contribution in [0.3, 0.4) is 0 Å². The largest absolute Gasteiger partial charge is 0.0622 e. The van der Waals surface area contributed by atoms with Gasteiger partial charge in [-0.2, -0.15) is 0 Å². The van der Waals surface area contributed by atoms with Gasteiger partial charge in [0.2, 0.25) is 0 Å². The second-order valence-corrected chi connectivity index (χ2v) is 17.9. The molecule has 0 aliphatic rings. The highest BCUT2D eigenvalue weighted by molar-refractivity contribution is 6.24. The van der Waals surface area contributed by atoms with Crippen molar-refractivity contribution in [1.82, 2.24) is 0 Å². The number of hydrogen-bond donors (Lipinski definition) is 0. The van der Waals surface area contributed by atoms with Gasteiger partial charge in [-0.15, -0.1) is 0 Å². The maximum absolute atomic E-state index is 2.43. The molecule has 0 nitrogen and oxygen atoms in total. The summed E-state index contributed by atoms with van der Waals surface area (Å²) in [6.45, 7) is 0. The van der Waals surface area contributed by atoms with Gasteiger partial charge in [0.05, 0.1) is 0 Å². The predicted octanol–water partition coefficient (Wildman–Crippen LogP) is 19.1. The first-order valence-electron chi connectivity index (χ1n) is 23.6. The standard InChI is InChI=1S/C68H44/c1-3-16-45(17-4-1)47-30-36-52(37-31-47)66-57-23-9-10-24-58(57)67(53-38-32-48(33-39-53)46-18-5-2-6-19-46)64-44-54(42-43-63(64)66)49-34-40-51(41-35-49)65-59-25-11-13-27-61(59)68(62-28-14-12-26-60(62)65)56-29-15-21-50-20-7-8-22-55(50)56/h1-44H. The molecule has 0 saturated carbocycles. The molecule has 0 spiro atoms. The topological polar surface area (TPSA) is 0 Å². The fourth-order valence-electron chi connectivity index (χ4n) is 10.9. The van der Waals surface area contributed by atoms with E-state index in [1.54, 1.807) is 0 Å². The Labute approximate surface area is 396 Å². The van der Waals surface area contributed by atoms with Crippen molar-refractivity contribution in [3.05, 3.63) is 267 Å². The van der Waals surface area contributed by atoms with Gasteiger partial charge in [0, 0.05) is 0 Å². The van der Waals surface area contributed by atoms with Crippen LogP contribution in [0.2, 0.25) is 0 Å². The Bertz CT molecular complexity index is 3950. The maximum Gasteiger partial charge on any atom is -0.00201 e. The molecule has 0 radical (unpaired) electrons. The van der Waals surface area contributed by atoms with Crippen molar-refractivity contribution in [2.45, 2.75) is 0 Å². The second-order valence-electron chi connectivity index (χ2n) is 17.9. The molecule has 0 amide bonds. The Morgan fingerprint density at radius 2 is 0.441 bits per heavy atom. The Kier molecular flexibility index (Phi) is 9.62. The van der Waals surface area contributed by atoms with Gasteiger partial charge >= 0.3 is 0 Å². The maximum atomic E-state index is 2.43. The van der Waals surface area contributed by atoms with E-state index in [9.17, 15) is 0 Å². The van der Waals surface area contributed by atoms with E-state index in [1.165, 1.54) is 132 Å². The second kappa shape index (κ2) is 16.5. The van der Waals surface area contributed by atoms with Gasteiger partial charge in [0.1, 0.15) is 0 Å². The average Bonchev–Trinajstić information content (AvgIpc) is 3.42. The Balaban J connectivity index is 0.980. The van der Waals surface area contributed by atoms with Crippen molar-refractivity contribution < 1.29 is 0 Å². The van der Waals surface area contributed by atoms with E-state index in [0.717, 1.165) is 0 Å². The fourth-order valence-corrected chi connectivity index (χ4v) is 10.9. The van der Waals surface area contributed by atoms with Gasteiger partial charge in [-0.05, 0) is 138 Å². The summed E-state index contributed by atoms with van der Waals surface area (Å²) in [7, 11) is 0. The summed E-state index contributed by atoms with van der Waals surface area (Å²) < 4.78 is 0. The predicted molar refractivity (Wildman–Crippen MR) is 292 cm³/mol. The monoisotopic (exact) mass is 860 g/mol. The smallest absolute Gasteiger partial charge is 0.00201 e. The zero-order valence-electron chi connectivity index (χ0n) is 37.4. The minimum Gasteiger partial charge on any atom is -0.0622 e. The molecule has 0 unspecified atom stereocenters. The molecule has 0 aliphatic carbocycles. The zero-order chi connectivity index (χ0) is 45.0. The van der Waals surface area contributed by atoms with Crippen LogP contribution in [0.25, 0.3) is 132 Å². The molecular formula is C68H44. The minimum absolute atomic E-state index is 1.18. The zero-order valence-corrected chi connectivity index (χ0v) is 37.4. The summed E-state index contributed by atoms with van der Waals surface area (Å²) in [6.07, 6.45) is 0. The number of fused-ring (bicyclic) bond motifs is 5. The highest BCUT2D eigenvalue weighted by Gasteiger charge is 2.20. The van der Waals surface area contributed by atoms with E-state index >= 15 is 0 Å². The lowest BCUT2D eigenvalue weighted by atomic mass is 9.83. The van der Waals surface area contributed by atoms with Crippen molar-refractivity contribution in [3.8, 4) is 77.9 Å². The van der Waals surface area contributed by atoms with Gasteiger partial charge in [-0.1, -0.05) is 261 Å². The van der Waals surface area contributed by atoms with E-state index in [2.05, 4.69) is 267 Å². The quantitative estimate of drug-likeness (QED) is 0.140. The molecule has 316 valence electrons. The summed E-state index contributed by atoms with van der Waals surface area (Å²) in [5, 5.41) is 12.5. The summed E-state index contributed by atoms with van der Waals surface area (Å²) in [5.41, 5.74) is 17.2. The molecule has 13 rings (SSSR count). The van der Waals surface area contributed by atoms with Crippen molar-refractivity contribution in [1.29, 1.82) is 0 Å². The van der Waals surface area contributed by atoms with Crippen molar-refractivity contribution in [2.75, 3.05) is 0 Å². The Morgan fingerprint density at radius 1 is 0.147 bits per heavy atom. The van der Waals surface area contributed by atoms with Crippen LogP contribution in [0, 0.1) is 0 Å². The molecule has 0 atom stereocenters. The third kappa shape index (κ3) is 6.69. The van der Waals surface area contributed by atoms with E-state index in [4.69, 9.17) is 0 Å². The van der Waals surface area contributed by atoms with Gasteiger partial charge in [-0.25, -0.2) is 0 Å². The molecule has 0 heteroatoms. The molecule has 0 aliphatic heterocycles. The molecule has 0 heterocycles. The molecule has 0 fully saturated rings. The lowest BCUT2D eigenvalue weighted by molar-refractivity contribution is 1.60. The molecule has 0 aromatic heterocycles. The molecular weight excluding hydrogens is 817 g/mol. The normalized spacial score (nSPS) is 11.5. The molecule has 68 heavy (non-hydrogen) atoms. The third-order valence-electron chi connectivity index (χ3n) is 14.1. The third-order valence-corrected chi connectivity index (χ3v) is 14.1. The Hall–Kier alpha value is -8.84. The lowest BCUT2D eigenvalue weighted by Gasteiger charge is -2.20. The highest BCUT2D eigenvalue weighted by Crippen LogP contribution is 2.48. The van der Waals surface area contributed by atoms with Crippen molar-refractivity contribution in [2.24, 2.45) is 0 Å². The molecule has 13 aromatic rings. The van der Waals surface area contributed by atoms with Crippen LogP contribution >= 0.6 is 0 Å². The van der Waals surface area contributed by atoms with Gasteiger partial charge in [-0.3, -0.25) is 0 Å². The number of benzene rings is 13. The number of rotatable bonds is 7. The van der Waals surface area contributed by atoms with Crippen molar-refractivity contribution in [3.63, 3.8) is 0 Å². The van der Waals surface area contributed by atoms with Crippen LogP contribution in [0.15, 0.2) is 267 Å². The van der Waals surface area contributed by atoms with E-state index < -0.39 is 0 Å². The average molecular weight is 861 g/mol. The van der Waals surface area contributed by atoms with Crippen LogP contribution in [0.5, 0.6) is 0 Å². The summed E-state index contributed by atoms with van der Waals surface area (Å²) >= 11 is 0. The first-order chi connectivity index (χ1) is 33.7. The van der Waals surface area contributed by atoms with Crippen LogP contribution in [-0.2, 0) is 0 Å². The number of hydrogen-bond acceptors (Lipinski definition) is 0. The lowest BCUT2D eigenvalue weighted by Crippen LogP contribution is -1.92. The van der Waals surface area contributed by atoms with Crippen LogP contribution in [0.4, 0.5) is 0 Å². The molecule has 0 bridgehead atoms. The Morgan fingerprint density at radius 3 is 0.897 bits per heavy atom. The van der Waals surface area contributed by atoms with Crippen molar-refractivity contribution >= 4 is 53.9 Å². The first kappa shape index (κ1) is 39.5. The highest BCUT2D eigenvalue weighted by atomic mass is 14.2. The van der Waals surface area contributed by atoms with Crippen LogP contribution < -0.4 is 0 Å². The molecule has 0 saturated heterocycles. The summed E-state index contributed by atoms with van der Waals surface area (Å²) in [5.74, 6) is 0. The van der Waals surface area contributed by atoms with E-state index in [1.807, 2.05) is 0 Å².